The molecular weight excluding hydrogens is 384 g/mol. The summed E-state index contributed by atoms with van der Waals surface area (Å²) in [5.74, 6) is 0. The monoisotopic (exact) mass is 418 g/mol. The van der Waals surface area contributed by atoms with Crippen LogP contribution in [0.3, 0.4) is 0 Å². The van der Waals surface area contributed by atoms with Crippen molar-refractivity contribution in [3.05, 3.63) is 20.4 Å². The van der Waals surface area contributed by atoms with Crippen molar-refractivity contribution in [2.45, 2.75) is 64.0 Å². The Morgan fingerprint density at radius 3 is 2.23 bits per heavy atom. The molecule has 0 radical (unpaired) electrons. The first-order valence-electron chi connectivity index (χ1n) is 11.6. The zero-order valence-electron chi connectivity index (χ0n) is 18.0. The van der Waals surface area contributed by atoms with Crippen LogP contribution in [0.5, 0.6) is 0 Å². The van der Waals surface area contributed by atoms with Gasteiger partial charge in [0.1, 0.15) is 11.4 Å². The fourth-order valence-corrected chi connectivity index (χ4v) is 5.18. The molecular formula is C22H34N4O4. The van der Waals surface area contributed by atoms with Crippen LogP contribution in [0.15, 0.2) is 9.59 Å². The molecule has 1 amide bonds. The van der Waals surface area contributed by atoms with E-state index in [4.69, 9.17) is 4.74 Å². The van der Waals surface area contributed by atoms with Gasteiger partial charge in [-0.15, -0.1) is 0 Å². The molecule has 3 aliphatic rings. The quantitative estimate of drug-likeness (QED) is 0.730. The Kier molecular flexibility index (Phi) is 6.61. The van der Waals surface area contributed by atoms with Crippen LogP contribution in [-0.4, -0.2) is 73.9 Å². The van der Waals surface area contributed by atoms with E-state index in [-0.39, 0.29) is 17.6 Å². The van der Waals surface area contributed by atoms with Gasteiger partial charge in [-0.3, -0.25) is 9.59 Å². The van der Waals surface area contributed by atoms with Crippen LogP contribution in [0.1, 0.15) is 51.9 Å². The van der Waals surface area contributed by atoms with E-state index in [1.54, 1.807) is 11.8 Å². The van der Waals surface area contributed by atoms with Crippen molar-refractivity contribution in [2.75, 3.05) is 56.1 Å². The van der Waals surface area contributed by atoms with Gasteiger partial charge in [0.2, 0.25) is 0 Å². The average molecular weight is 419 g/mol. The largest absolute Gasteiger partial charge is 0.450 e. The molecule has 3 heterocycles. The van der Waals surface area contributed by atoms with Crippen molar-refractivity contribution in [3.63, 3.8) is 0 Å². The third-order valence-electron chi connectivity index (χ3n) is 6.94. The number of rotatable bonds is 5. The van der Waals surface area contributed by atoms with E-state index >= 15 is 0 Å². The van der Waals surface area contributed by atoms with Crippen molar-refractivity contribution in [2.24, 2.45) is 0 Å². The minimum Gasteiger partial charge on any atom is -0.450 e. The van der Waals surface area contributed by atoms with Gasteiger partial charge in [0.05, 0.1) is 6.61 Å². The van der Waals surface area contributed by atoms with Crippen LogP contribution < -0.4 is 21.1 Å². The van der Waals surface area contributed by atoms with E-state index in [0.717, 1.165) is 38.8 Å². The smallest absolute Gasteiger partial charge is 0.409 e. The van der Waals surface area contributed by atoms with Gasteiger partial charge in [0, 0.05) is 38.3 Å². The van der Waals surface area contributed by atoms with Gasteiger partial charge in [-0.1, -0.05) is 6.42 Å². The maximum Gasteiger partial charge on any atom is 0.409 e. The van der Waals surface area contributed by atoms with Crippen LogP contribution in [0, 0.1) is 0 Å². The summed E-state index contributed by atoms with van der Waals surface area (Å²) in [6.07, 6.45) is 7.24. The summed E-state index contributed by atoms with van der Waals surface area (Å²) in [5, 5.41) is 3.33. The Morgan fingerprint density at radius 2 is 1.60 bits per heavy atom. The summed E-state index contributed by atoms with van der Waals surface area (Å²) in [4.78, 5) is 42.9. The van der Waals surface area contributed by atoms with Crippen molar-refractivity contribution in [1.29, 1.82) is 0 Å². The fourth-order valence-electron chi connectivity index (χ4n) is 5.18. The highest BCUT2D eigenvalue weighted by molar-refractivity contribution is 5.75. The minimum absolute atomic E-state index is 0.101. The number of anilines is 2. The predicted octanol–water partition coefficient (Wildman–Crippen LogP) is 1.77. The Morgan fingerprint density at radius 1 is 0.933 bits per heavy atom. The van der Waals surface area contributed by atoms with Crippen LogP contribution in [0.4, 0.5) is 16.2 Å². The summed E-state index contributed by atoms with van der Waals surface area (Å²) >= 11 is 0. The van der Waals surface area contributed by atoms with Crippen LogP contribution in [0.25, 0.3) is 0 Å². The highest BCUT2D eigenvalue weighted by atomic mass is 16.6. The Labute approximate surface area is 177 Å². The summed E-state index contributed by atoms with van der Waals surface area (Å²) in [5.41, 5.74) is 0.338. The summed E-state index contributed by atoms with van der Waals surface area (Å²) in [7, 11) is 0. The number of amides is 1. The topological polar surface area (TPSA) is 82.2 Å². The molecule has 0 spiro atoms. The third-order valence-corrected chi connectivity index (χ3v) is 6.94. The molecule has 1 aromatic rings. The highest BCUT2D eigenvalue weighted by Crippen LogP contribution is 2.28. The van der Waals surface area contributed by atoms with Crippen LogP contribution in [0.2, 0.25) is 0 Å². The number of hydrogen-bond donors (Lipinski definition) is 1. The SMILES string of the molecule is CCOC(=O)N1CCC(Nc2c(N3CCC(N4CCCCC4)CC3)c(=O)c2=O)CC1. The first-order valence-corrected chi connectivity index (χ1v) is 11.6. The van der Waals surface area contributed by atoms with E-state index in [9.17, 15) is 14.4 Å². The second kappa shape index (κ2) is 9.37. The fraction of sp³-hybridized carbons (Fsp3) is 0.773. The Hall–Kier alpha value is -2.09. The third kappa shape index (κ3) is 4.33. The summed E-state index contributed by atoms with van der Waals surface area (Å²) in [6.45, 7) is 7.44. The van der Waals surface area contributed by atoms with E-state index < -0.39 is 5.43 Å². The van der Waals surface area contributed by atoms with Crippen molar-refractivity contribution in [1.82, 2.24) is 9.80 Å². The first kappa shape index (κ1) is 21.2. The lowest BCUT2D eigenvalue weighted by molar-refractivity contribution is 0.0983. The molecule has 4 rings (SSSR count). The van der Waals surface area contributed by atoms with E-state index in [1.165, 1.54) is 32.4 Å². The number of nitrogens with zero attached hydrogens (tertiary/aromatic N) is 3. The Balaban J connectivity index is 1.32. The second-order valence-electron chi connectivity index (χ2n) is 8.80. The van der Waals surface area contributed by atoms with Gasteiger partial charge in [-0.2, -0.15) is 0 Å². The van der Waals surface area contributed by atoms with Gasteiger partial charge in [-0.05, 0) is 58.5 Å². The molecule has 0 bridgehead atoms. The molecule has 0 aromatic heterocycles. The van der Waals surface area contributed by atoms with Gasteiger partial charge >= 0.3 is 6.09 Å². The lowest BCUT2D eigenvalue weighted by atomic mass is 9.98. The average Bonchev–Trinajstić information content (AvgIpc) is 2.80. The van der Waals surface area contributed by atoms with Crippen molar-refractivity contribution in [3.8, 4) is 0 Å². The number of nitrogens with one attached hydrogen (secondary N) is 1. The molecule has 8 nitrogen and oxygen atoms in total. The molecule has 3 fully saturated rings. The van der Waals surface area contributed by atoms with Gasteiger partial charge in [0.25, 0.3) is 10.9 Å². The van der Waals surface area contributed by atoms with Crippen molar-refractivity contribution >= 4 is 17.5 Å². The number of piperidine rings is 3. The number of ether oxygens (including phenoxy) is 1. The van der Waals surface area contributed by atoms with Gasteiger partial charge in [-0.25, -0.2) is 4.79 Å². The summed E-state index contributed by atoms with van der Waals surface area (Å²) < 4.78 is 5.06. The van der Waals surface area contributed by atoms with Crippen molar-refractivity contribution < 1.29 is 9.53 Å². The molecule has 0 saturated carbocycles. The number of likely N-dealkylation sites (tertiary alicyclic amines) is 2. The van der Waals surface area contributed by atoms with Crippen LogP contribution in [-0.2, 0) is 4.74 Å². The molecule has 1 aromatic carbocycles. The van der Waals surface area contributed by atoms with E-state index in [0.29, 0.717) is 37.1 Å². The first-order chi connectivity index (χ1) is 14.6. The van der Waals surface area contributed by atoms with E-state index in [1.807, 2.05) is 0 Å². The maximum absolute atomic E-state index is 12.3. The Bertz CT molecular complexity index is 797. The molecule has 3 saturated heterocycles. The lowest BCUT2D eigenvalue weighted by Crippen LogP contribution is -2.51. The standard InChI is InChI=1S/C22H34N4O4/c1-2-30-22(29)26-12-6-16(7-13-26)23-18-19(21(28)20(18)27)25-14-8-17(9-15-25)24-10-4-3-5-11-24/h16-17,23H,2-15H2,1H3. The molecule has 30 heavy (non-hydrogen) atoms. The van der Waals surface area contributed by atoms with Crippen LogP contribution >= 0.6 is 0 Å². The molecule has 0 atom stereocenters. The lowest BCUT2D eigenvalue weighted by Gasteiger charge is -2.41. The number of hydrogen-bond acceptors (Lipinski definition) is 7. The number of carbonyl (C=O) groups is 1. The molecule has 3 aliphatic heterocycles. The maximum atomic E-state index is 12.3. The summed E-state index contributed by atoms with van der Waals surface area (Å²) in [6, 6.07) is 0.709. The number of carbonyl (C=O) groups excluding carboxylic acids is 1. The van der Waals surface area contributed by atoms with Gasteiger partial charge in [0.15, 0.2) is 0 Å². The normalized spacial score (nSPS) is 22.4. The molecule has 1 N–H and O–H groups in total. The van der Waals surface area contributed by atoms with Gasteiger partial charge < -0.3 is 24.8 Å². The zero-order chi connectivity index (χ0) is 21.1. The van der Waals surface area contributed by atoms with E-state index in [2.05, 4.69) is 15.1 Å². The second-order valence-corrected chi connectivity index (χ2v) is 8.80. The molecule has 166 valence electrons. The molecule has 0 unspecified atom stereocenters. The zero-order valence-corrected chi connectivity index (χ0v) is 18.0. The molecule has 0 aliphatic carbocycles. The highest BCUT2D eigenvalue weighted by Gasteiger charge is 2.33. The minimum atomic E-state index is -0.393. The predicted molar refractivity (Wildman–Crippen MR) is 117 cm³/mol. The molecule has 8 heteroatoms.